The van der Waals surface area contributed by atoms with Crippen LogP contribution in [-0.4, -0.2) is 24.8 Å². The van der Waals surface area contributed by atoms with Gasteiger partial charge >= 0.3 is 0 Å². The van der Waals surface area contributed by atoms with Gasteiger partial charge in [-0.2, -0.15) is 0 Å². The molecule has 0 bridgehead atoms. The molecule has 102 valence electrons. The lowest BCUT2D eigenvalue weighted by Gasteiger charge is -2.12. The second-order valence-corrected chi connectivity index (χ2v) is 4.72. The first-order valence-corrected chi connectivity index (χ1v) is 6.69. The molecule has 0 aliphatic rings. The Morgan fingerprint density at radius 1 is 1.16 bits per heavy atom. The van der Waals surface area contributed by atoms with E-state index >= 15 is 0 Å². The maximum absolute atomic E-state index is 5.03. The van der Waals surface area contributed by atoms with Crippen LogP contribution >= 0.6 is 0 Å². The van der Waals surface area contributed by atoms with Crippen LogP contribution in [-0.2, 0) is 17.8 Å². The first-order chi connectivity index (χ1) is 9.31. The second kappa shape index (κ2) is 7.12. The Balaban J connectivity index is 1.98. The van der Waals surface area contributed by atoms with Crippen LogP contribution in [0.25, 0.3) is 0 Å². The molecule has 0 aliphatic heterocycles. The molecule has 19 heavy (non-hydrogen) atoms. The van der Waals surface area contributed by atoms with Gasteiger partial charge in [0.2, 0.25) is 0 Å². The van der Waals surface area contributed by atoms with Gasteiger partial charge in [-0.15, -0.1) is 0 Å². The fourth-order valence-corrected chi connectivity index (χ4v) is 2.13. The number of methoxy groups -OCH3 is 1. The molecule has 0 atom stereocenters. The average Bonchev–Trinajstić information content (AvgIpc) is 2.85. The van der Waals surface area contributed by atoms with Crippen LogP contribution in [0.3, 0.4) is 0 Å². The number of hydrogen-bond donors (Lipinski definition) is 1. The topological polar surface area (TPSA) is 26.2 Å². The lowest BCUT2D eigenvalue weighted by Crippen LogP contribution is -2.20. The zero-order valence-corrected chi connectivity index (χ0v) is 11.7. The standard InChI is InChI=1S/C16H22N2O/c1-14-6-3-4-7-15(14)13-18-10-5-8-16(18)12-17-9-11-19-2/h3-8,10,17H,9,11-13H2,1-2H3. The quantitative estimate of drug-likeness (QED) is 0.773. The summed E-state index contributed by atoms with van der Waals surface area (Å²) in [5.74, 6) is 0. The minimum atomic E-state index is 0.749. The number of hydrogen-bond acceptors (Lipinski definition) is 2. The summed E-state index contributed by atoms with van der Waals surface area (Å²) in [4.78, 5) is 0. The maximum Gasteiger partial charge on any atom is 0.0587 e. The average molecular weight is 258 g/mol. The molecule has 1 N–H and O–H groups in total. The summed E-state index contributed by atoms with van der Waals surface area (Å²) in [6.07, 6.45) is 2.14. The van der Waals surface area contributed by atoms with E-state index in [1.807, 2.05) is 0 Å². The van der Waals surface area contributed by atoms with Gasteiger partial charge in [-0.25, -0.2) is 0 Å². The molecule has 0 unspecified atom stereocenters. The van der Waals surface area contributed by atoms with Crippen LogP contribution in [0.5, 0.6) is 0 Å². The number of aromatic nitrogens is 1. The number of nitrogens with zero attached hydrogens (tertiary/aromatic N) is 1. The van der Waals surface area contributed by atoms with Gasteiger partial charge in [-0.3, -0.25) is 0 Å². The minimum Gasteiger partial charge on any atom is -0.383 e. The van der Waals surface area contributed by atoms with Gasteiger partial charge in [0.1, 0.15) is 0 Å². The normalized spacial score (nSPS) is 10.8. The Morgan fingerprint density at radius 3 is 2.79 bits per heavy atom. The van der Waals surface area contributed by atoms with E-state index in [0.29, 0.717) is 0 Å². The molecule has 1 heterocycles. The monoisotopic (exact) mass is 258 g/mol. The Bertz CT molecular complexity index is 505. The molecule has 0 saturated heterocycles. The highest BCUT2D eigenvalue weighted by Gasteiger charge is 2.03. The smallest absolute Gasteiger partial charge is 0.0587 e. The highest BCUT2D eigenvalue weighted by Crippen LogP contribution is 2.11. The van der Waals surface area contributed by atoms with E-state index in [1.165, 1.54) is 16.8 Å². The number of nitrogens with one attached hydrogen (secondary N) is 1. The molecule has 2 rings (SSSR count). The number of benzene rings is 1. The molecule has 1 aromatic heterocycles. The molecule has 3 heteroatoms. The third kappa shape index (κ3) is 3.94. The summed E-state index contributed by atoms with van der Waals surface area (Å²) in [5, 5.41) is 3.38. The molecule has 0 saturated carbocycles. The summed E-state index contributed by atoms with van der Waals surface area (Å²) in [6.45, 7) is 5.60. The van der Waals surface area contributed by atoms with Crippen molar-refractivity contribution < 1.29 is 4.74 Å². The first-order valence-electron chi connectivity index (χ1n) is 6.69. The number of ether oxygens (including phenoxy) is 1. The number of aryl methyl sites for hydroxylation is 1. The third-order valence-corrected chi connectivity index (χ3v) is 3.31. The van der Waals surface area contributed by atoms with Crippen molar-refractivity contribution in [3.05, 3.63) is 59.4 Å². The molecule has 0 aliphatic carbocycles. The summed E-state index contributed by atoms with van der Waals surface area (Å²) in [7, 11) is 1.72. The van der Waals surface area contributed by atoms with E-state index in [-0.39, 0.29) is 0 Å². The van der Waals surface area contributed by atoms with Crippen LogP contribution < -0.4 is 5.32 Å². The largest absolute Gasteiger partial charge is 0.383 e. The van der Waals surface area contributed by atoms with E-state index < -0.39 is 0 Å². The number of rotatable bonds is 7. The van der Waals surface area contributed by atoms with Gasteiger partial charge in [-0.1, -0.05) is 24.3 Å². The van der Waals surface area contributed by atoms with Crippen LogP contribution in [0.4, 0.5) is 0 Å². The Morgan fingerprint density at radius 2 is 2.00 bits per heavy atom. The predicted octanol–water partition coefficient (Wildman–Crippen LogP) is 2.58. The van der Waals surface area contributed by atoms with Crippen molar-refractivity contribution in [2.75, 3.05) is 20.3 Å². The third-order valence-electron chi connectivity index (χ3n) is 3.31. The van der Waals surface area contributed by atoms with Crippen molar-refractivity contribution in [3.63, 3.8) is 0 Å². The fraction of sp³-hybridized carbons (Fsp3) is 0.375. The first kappa shape index (κ1) is 13.8. The van der Waals surface area contributed by atoms with Crippen molar-refractivity contribution in [2.24, 2.45) is 0 Å². The Kier molecular flexibility index (Phi) is 5.19. The predicted molar refractivity (Wildman–Crippen MR) is 78.3 cm³/mol. The van der Waals surface area contributed by atoms with E-state index in [0.717, 1.165) is 26.2 Å². The van der Waals surface area contributed by atoms with Crippen LogP contribution in [0, 0.1) is 6.92 Å². The van der Waals surface area contributed by atoms with E-state index in [4.69, 9.17) is 4.74 Å². The van der Waals surface area contributed by atoms with Crippen LogP contribution in [0.15, 0.2) is 42.6 Å². The van der Waals surface area contributed by atoms with Gasteiger partial charge in [0.05, 0.1) is 6.61 Å². The molecular weight excluding hydrogens is 236 g/mol. The molecule has 2 aromatic rings. The van der Waals surface area contributed by atoms with Crippen LogP contribution in [0.2, 0.25) is 0 Å². The molecule has 1 aromatic carbocycles. The van der Waals surface area contributed by atoms with Gasteiger partial charge in [0.15, 0.2) is 0 Å². The van der Waals surface area contributed by atoms with E-state index in [9.17, 15) is 0 Å². The van der Waals surface area contributed by atoms with Crippen molar-refractivity contribution in [3.8, 4) is 0 Å². The summed E-state index contributed by atoms with van der Waals surface area (Å²) in [5.41, 5.74) is 4.02. The SMILES string of the molecule is COCCNCc1cccn1Cc1ccccc1C. The van der Waals surface area contributed by atoms with Gasteiger partial charge in [0.25, 0.3) is 0 Å². The zero-order chi connectivity index (χ0) is 13.5. The molecule has 0 spiro atoms. The molecule has 0 amide bonds. The summed E-state index contributed by atoms with van der Waals surface area (Å²) < 4.78 is 7.33. The lowest BCUT2D eigenvalue weighted by atomic mass is 10.1. The second-order valence-electron chi connectivity index (χ2n) is 4.72. The van der Waals surface area contributed by atoms with Crippen molar-refractivity contribution >= 4 is 0 Å². The Labute approximate surface area is 115 Å². The van der Waals surface area contributed by atoms with Crippen molar-refractivity contribution in [1.82, 2.24) is 9.88 Å². The highest BCUT2D eigenvalue weighted by molar-refractivity contribution is 5.26. The van der Waals surface area contributed by atoms with Crippen molar-refractivity contribution in [1.29, 1.82) is 0 Å². The summed E-state index contributed by atoms with van der Waals surface area (Å²) >= 11 is 0. The van der Waals surface area contributed by atoms with Gasteiger partial charge < -0.3 is 14.6 Å². The summed E-state index contributed by atoms with van der Waals surface area (Å²) in [6, 6.07) is 12.8. The molecule has 0 radical (unpaired) electrons. The maximum atomic E-state index is 5.03. The minimum absolute atomic E-state index is 0.749. The van der Waals surface area contributed by atoms with Gasteiger partial charge in [0, 0.05) is 38.6 Å². The fourth-order valence-electron chi connectivity index (χ4n) is 2.13. The molecule has 3 nitrogen and oxygen atoms in total. The Hall–Kier alpha value is -1.58. The van der Waals surface area contributed by atoms with E-state index in [2.05, 4.69) is 59.4 Å². The lowest BCUT2D eigenvalue weighted by molar-refractivity contribution is 0.199. The molecule has 0 fully saturated rings. The highest BCUT2D eigenvalue weighted by atomic mass is 16.5. The van der Waals surface area contributed by atoms with Crippen molar-refractivity contribution in [2.45, 2.75) is 20.0 Å². The van der Waals surface area contributed by atoms with E-state index in [1.54, 1.807) is 7.11 Å². The molecular formula is C16H22N2O. The zero-order valence-electron chi connectivity index (χ0n) is 11.7. The van der Waals surface area contributed by atoms with Crippen LogP contribution in [0.1, 0.15) is 16.8 Å². The van der Waals surface area contributed by atoms with Gasteiger partial charge in [-0.05, 0) is 30.2 Å².